The highest BCUT2D eigenvalue weighted by Gasteiger charge is 2.10. The second-order valence-corrected chi connectivity index (χ2v) is 5.99. The Morgan fingerprint density at radius 3 is 2.68 bits per heavy atom. The molecule has 0 saturated heterocycles. The van der Waals surface area contributed by atoms with E-state index >= 15 is 0 Å². The molecule has 0 aliphatic rings. The van der Waals surface area contributed by atoms with Crippen LogP contribution in [0.4, 0.5) is 0 Å². The standard InChI is InChI=1S/C18H22ClNO2/c1-14-6-3-4-9-18(14)22-13-17(21)12-20(2)11-15-7-5-8-16(19)10-15/h3-10,17,21H,11-13H2,1-2H3. The van der Waals surface area contributed by atoms with Gasteiger partial charge >= 0.3 is 0 Å². The highest BCUT2D eigenvalue weighted by Crippen LogP contribution is 2.16. The predicted molar refractivity (Wildman–Crippen MR) is 90.5 cm³/mol. The number of benzene rings is 2. The lowest BCUT2D eigenvalue weighted by Gasteiger charge is -2.21. The van der Waals surface area contributed by atoms with Gasteiger partial charge in [-0.25, -0.2) is 0 Å². The van der Waals surface area contributed by atoms with E-state index in [1.165, 1.54) is 0 Å². The molecule has 0 bridgehead atoms. The van der Waals surface area contributed by atoms with E-state index in [1.54, 1.807) is 0 Å². The van der Waals surface area contributed by atoms with Crippen molar-refractivity contribution in [2.24, 2.45) is 0 Å². The predicted octanol–water partition coefficient (Wildman–Crippen LogP) is 3.52. The number of hydrogen-bond donors (Lipinski definition) is 1. The molecule has 0 fully saturated rings. The lowest BCUT2D eigenvalue weighted by atomic mass is 10.2. The molecule has 1 atom stereocenters. The normalized spacial score (nSPS) is 12.4. The van der Waals surface area contributed by atoms with Crippen LogP contribution in [0.3, 0.4) is 0 Å². The van der Waals surface area contributed by atoms with E-state index in [2.05, 4.69) is 4.90 Å². The maximum atomic E-state index is 10.1. The zero-order valence-corrected chi connectivity index (χ0v) is 13.8. The molecule has 2 rings (SSSR count). The molecule has 0 spiro atoms. The van der Waals surface area contributed by atoms with Crippen LogP contribution in [0, 0.1) is 6.92 Å². The Morgan fingerprint density at radius 2 is 1.95 bits per heavy atom. The van der Waals surface area contributed by atoms with Gasteiger partial charge in [0, 0.05) is 18.1 Å². The fraction of sp³-hybridized carbons (Fsp3) is 0.333. The van der Waals surface area contributed by atoms with Gasteiger partial charge in [-0.05, 0) is 43.3 Å². The summed E-state index contributed by atoms with van der Waals surface area (Å²) in [5.41, 5.74) is 2.20. The minimum absolute atomic E-state index is 0.282. The molecule has 1 unspecified atom stereocenters. The first-order valence-corrected chi connectivity index (χ1v) is 7.72. The Kier molecular flexibility index (Phi) is 6.25. The van der Waals surface area contributed by atoms with Gasteiger partial charge in [-0.1, -0.05) is 41.9 Å². The first kappa shape index (κ1) is 16.8. The van der Waals surface area contributed by atoms with Crippen LogP contribution in [0.1, 0.15) is 11.1 Å². The van der Waals surface area contributed by atoms with Gasteiger partial charge in [0.25, 0.3) is 0 Å². The molecular formula is C18H22ClNO2. The van der Waals surface area contributed by atoms with Crippen LogP contribution in [0.15, 0.2) is 48.5 Å². The fourth-order valence-corrected chi connectivity index (χ4v) is 2.54. The number of hydrogen-bond acceptors (Lipinski definition) is 3. The van der Waals surface area contributed by atoms with Gasteiger partial charge in [-0.3, -0.25) is 4.90 Å². The average molecular weight is 320 g/mol. The maximum Gasteiger partial charge on any atom is 0.122 e. The number of aliphatic hydroxyl groups is 1. The van der Waals surface area contributed by atoms with Gasteiger partial charge in [0.05, 0.1) is 0 Å². The molecule has 0 amide bonds. The molecule has 0 aromatic heterocycles. The maximum absolute atomic E-state index is 10.1. The number of ether oxygens (including phenoxy) is 1. The molecule has 0 radical (unpaired) electrons. The number of halogens is 1. The summed E-state index contributed by atoms with van der Waals surface area (Å²) in [6.07, 6.45) is -0.538. The molecule has 118 valence electrons. The first-order chi connectivity index (χ1) is 10.5. The van der Waals surface area contributed by atoms with Crippen LogP contribution in [-0.2, 0) is 6.54 Å². The molecule has 0 aliphatic carbocycles. The summed E-state index contributed by atoms with van der Waals surface area (Å²) >= 11 is 5.98. The summed E-state index contributed by atoms with van der Waals surface area (Å²) < 4.78 is 5.67. The van der Waals surface area contributed by atoms with E-state index in [0.29, 0.717) is 6.54 Å². The van der Waals surface area contributed by atoms with Crippen molar-refractivity contribution in [3.63, 3.8) is 0 Å². The second-order valence-electron chi connectivity index (χ2n) is 5.56. The van der Waals surface area contributed by atoms with E-state index in [9.17, 15) is 5.11 Å². The third-order valence-corrected chi connectivity index (χ3v) is 3.62. The number of likely N-dealkylation sites (N-methyl/N-ethyl adjacent to an activating group) is 1. The number of nitrogens with zero attached hydrogens (tertiary/aromatic N) is 1. The molecular weight excluding hydrogens is 298 g/mol. The van der Waals surface area contributed by atoms with Crippen molar-refractivity contribution >= 4 is 11.6 Å². The Morgan fingerprint density at radius 1 is 1.18 bits per heavy atom. The van der Waals surface area contributed by atoms with Crippen molar-refractivity contribution in [1.29, 1.82) is 0 Å². The highest BCUT2D eigenvalue weighted by atomic mass is 35.5. The van der Waals surface area contributed by atoms with E-state index < -0.39 is 6.10 Å². The Labute approximate surface area is 137 Å². The van der Waals surface area contributed by atoms with Gasteiger partial charge in [0.1, 0.15) is 18.5 Å². The smallest absolute Gasteiger partial charge is 0.122 e. The van der Waals surface area contributed by atoms with Gasteiger partial charge in [0.15, 0.2) is 0 Å². The van der Waals surface area contributed by atoms with Crippen LogP contribution < -0.4 is 4.74 Å². The van der Waals surface area contributed by atoms with Crippen molar-refractivity contribution in [1.82, 2.24) is 4.90 Å². The topological polar surface area (TPSA) is 32.7 Å². The van der Waals surface area contributed by atoms with Crippen LogP contribution in [0.25, 0.3) is 0 Å². The van der Waals surface area contributed by atoms with Crippen molar-refractivity contribution in [3.05, 3.63) is 64.7 Å². The number of para-hydroxylation sites is 1. The number of aryl methyl sites for hydroxylation is 1. The van der Waals surface area contributed by atoms with Crippen molar-refractivity contribution in [3.8, 4) is 5.75 Å². The molecule has 22 heavy (non-hydrogen) atoms. The van der Waals surface area contributed by atoms with Crippen molar-refractivity contribution in [2.45, 2.75) is 19.6 Å². The fourth-order valence-electron chi connectivity index (χ4n) is 2.33. The summed E-state index contributed by atoms with van der Waals surface area (Å²) in [6.45, 7) is 3.55. The molecule has 4 heteroatoms. The van der Waals surface area contributed by atoms with Crippen LogP contribution in [0.2, 0.25) is 5.02 Å². The third-order valence-electron chi connectivity index (χ3n) is 3.39. The summed E-state index contributed by atoms with van der Waals surface area (Å²) in [7, 11) is 1.97. The van der Waals surface area contributed by atoms with Crippen LogP contribution in [0.5, 0.6) is 5.75 Å². The van der Waals surface area contributed by atoms with Gasteiger partial charge < -0.3 is 9.84 Å². The van der Waals surface area contributed by atoms with Crippen LogP contribution in [-0.4, -0.2) is 36.3 Å². The van der Waals surface area contributed by atoms with E-state index in [4.69, 9.17) is 16.3 Å². The highest BCUT2D eigenvalue weighted by molar-refractivity contribution is 6.30. The minimum atomic E-state index is -0.538. The van der Waals surface area contributed by atoms with Crippen LogP contribution >= 0.6 is 11.6 Å². The number of rotatable bonds is 7. The largest absolute Gasteiger partial charge is 0.491 e. The Balaban J connectivity index is 1.79. The summed E-state index contributed by atoms with van der Waals surface area (Å²) in [6, 6.07) is 15.6. The first-order valence-electron chi connectivity index (χ1n) is 7.34. The van der Waals surface area contributed by atoms with Crippen molar-refractivity contribution in [2.75, 3.05) is 20.2 Å². The Bertz CT molecular complexity index is 603. The van der Waals surface area contributed by atoms with Gasteiger partial charge in [-0.15, -0.1) is 0 Å². The molecule has 0 aliphatic heterocycles. The molecule has 2 aromatic rings. The van der Waals surface area contributed by atoms with E-state index in [-0.39, 0.29) is 6.61 Å². The molecule has 2 aromatic carbocycles. The van der Waals surface area contributed by atoms with Gasteiger partial charge in [-0.2, -0.15) is 0 Å². The summed E-state index contributed by atoms with van der Waals surface area (Å²) in [5, 5.41) is 10.8. The third kappa shape index (κ3) is 5.34. The molecule has 0 saturated carbocycles. The quantitative estimate of drug-likeness (QED) is 0.847. The van der Waals surface area contributed by atoms with E-state index in [0.717, 1.165) is 28.4 Å². The monoisotopic (exact) mass is 319 g/mol. The van der Waals surface area contributed by atoms with E-state index in [1.807, 2.05) is 62.5 Å². The zero-order chi connectivity index (χ0) is 15.9. The minimum Gasteiger partial charge on any atom is -0.491 e. The zero-order valence-electron chi connectivity index (χ0n) is 13.0. The second kappa shape index (κ2) is 8.18. The number of aliphatic hydroxyl groups excluding tert-OH is 1. The SMILES string of the molecule is Cc1ccccc1OCC(O)CN(C)Cc1cccc(Cl)c1. The summed E-state index contributed by atoms with van der Waals surface area (Å²) in [5.74, 6) is 0.819. The van der Waals surface area contributed by atoms with Crippen molar-refractivity contribution < 1.29 is 9.84 Å². The summed E-state index contributed by atoms with van der Waals surface area (Å²) in [4.78, 5) is 2.05. The Hall–Kier alpha value is -1.55. The van der Waals surface area contributed by atoms with Gasteiger partial charge in [0.2, 0.25) is 0 Å². The molecule has 0 heterocycles. The lowest BCUT2D eigenvalue weighted by molar-refractivity contribution is 0.0741. The molecule has 1 N–H and O–H groups in total. The molecule has 3 nitrogen and oxygen atoms in total. The lowest BCUT2D eigenvalue weighted by Crippen LogP contribution is -2.32. The average Bonchev–Trinajstić information content (AvgIpc) is 2.46.